The first-order valence-corrected chi connectivity index (χ1v) is 8.63. The van der Waals surface area contributed by atoms with Crippen LogP contribution in [0.25, 0.3) is 0 Å². The minimum atomic E-state index is -0.899. The third-order valence-electron chi connectivity index (χ3n) is 3.82. The van der Waals surface area contributed by atoms with Gasteiger partial charge in [-0.25, -0.2) is 13.2 Å². The van der Waals surface area contributed by atoms with Gasteiger partial charge in [-0.2, -0.15) is 0 Å². The van der Waals surface area contributed by atoms with Crippen molar-refractivity contribution >= 4 is 23.4 Å². The Morgan fingerprint density at radius 2 is 1.75 bits per heavy atom. The molecule has 1 N–H and O–H groups in total. The van der Waals surface area contributed by atoms with E-state index in [1.54, 1.807) is 0 Å². The van der Waals surface area contributed by atoms with Gasteiger partial charge in [0.2, 0.25) is 5.91 Å². The van der Waals surface area contributed by atoms with Gasteiger partial charge in [0.1, 0.15) is 17.5 Å². The zero-order valence-corrected chi connectivity index (χ0v) is 15.7. The number of hydrogen-bond acceptors (Lipinski definition) is 3. The van der Waals surface area contributed by atoms with Crippen molar-refractivity contribution in [3.05, 3.63) is 70.0 Å². The molecule has 150 valence electrons. The number of carbonyl (C=O) groups excluding carboxylic acids is 2. The van der Waals surface area contributed by atoms with Crippen molar-refractivity contribution in [3.63, 3.8) is 0 Å². The predicted molar refractivity (Wildman–Crippen MR) is 97.4 cm³/mol. The van der Waals surface area contributed by atoms with Gasteiger partial charge in [0.05, 0.1) is 13.2 Å². The van der Waals surface area contributed by atoms with E-state index < -0.39 is 35.8 Å². The van der Waals surface area contributed by atoms with Crippen LogP contribution in [0.15, 0.2) is 36.4 Å². The Kier molecular flexibility index (Phi) is 7.83. The lowest BCUT2D eigenvalue weighted by Crippen LogP contribution is -2.41. The first-order valence-electron chi connectivity index (χ1n) is 8.25. The lowest BCUT2D eigenvalue weighted by atomic mass is 10.2. The summed E-state index contributed by atoms with van der Waals surface area (Å²) in [4.78, 5) is 25.9. The van der Waals surface area contributed by atoms with E-state index in [9.17, 15) is 22.8 Å². The smallest absolute Gasteiger partial charge is 0.251 e. The van der Waals surface area contributed by atoms with E-state index in [0.717, 1.165) is 18.2 Å². The fourth-order valence-electron chi connectivity index (χ4n) is 2.40. The number of carbonyl (C=O) groups is 2. The van der Waals surface area contributed by atoms with Gasteiger partial charge in [0.25, 0.3) is 5.91 Å². The molecule has 0 bridgehead atoms. The highest BCUT2D eigenvalue weighted by molar-refractivity contribution is 6.31. The van der Waals surface area contributed by atoms with Crippen molar-refractivity contribution in [1.82, 2.24) is 10.2 Å². The van der Waals surface area contributed by atoms with Gasteiger partial charge < -0.3 is 15.0 Å². The first kappa shape index (κ1) is 21.7. The fraction of sp³-hybridized carbons (Fsp3) is 0.263. The molecule has 2 rings (SSSR count). The summed E-state index contributed by atoms with van der Waals surface area (Å²) in [5.74, 6) is -3.56. The van der Waals surface area contributed by atoms with E-state index in [-0.39, 0.29) is 30.3 Å². The van der Waals surface area contributed by atoms with Gasteiger partial charge in [0, 0.05) is 36.9 Å². The van der Waals surface area contributed by atoms with Crippen molar-refractivity contribution in [3.8, 4) is 0 Å². The van der Waals surface area contributed by atoms with Crippen molar-refractivity contribution in [2.45, 2.75) is 6.54 Å². The van der Waals surface area contributed by atoms with E-state index in [1.807, 2.05) is 0 Å². The maximum absolute atomic E-state index is 13.2. The third kappa shape index (κ3) is 6.24. The number of nitrogens with one attached hydrogen (secondary N) is 1. The molecule has 2 amide bonds. The summed E-state index contributed by atoms with van der Waals surface area (Å²) in [5.41, 5.74) is 0.279. The Morgan fingerprint density at radius 1 is 1.07 bits per heavy atom. The summed E-state index contributed by atoms with van der Waals surface area (Å²) < 4.78 is 44.6. The molecule has 2 aromatic rings. The second-order valence-corrected chi connectivity index (χ2v) is 6.29. The molecule has 0 aliphatic heterocycles. The van der Waals surface area contributed by atoms with Crippen LogP contribution in [-0.4, -0.2) is 43.5 Å². The molecule has 0 aliphatic carbocycles. The molecule has 0 heterocycles. The van der Waals surface area contributed by atoms with Crippen LogP contribution in [0.2, 0.25) is 5.02 Å². The topological polar surface area (TPSA) is 58.6 Å². The number of halogens is 4. The maximum Gasteiger partial charge on any atom is 0.251 e. The highest BCUT2D eigenvalue weighted by Crippen LogP contribution is 2.19. The summed E-state index contributed by atoms with van der Waals surface area (Å²) in [5, 5.41) is 2.48. The van der Waals surface area contributed by atoms with Crippen molar-refractivity contribution in [1.29, 1.82) is 0 Å². The molecule has 28 heavy (non-hydrogen) atoms. The summed E-state index contributed by atoms with van der Waals surface area (Å²) in [6.45, 7) is 0.104. The molecule has 2 aromatic carbocycles. The van der Waals surface area contributed by atoms with Crippen LogP contribution < -0.4 is 5.32 Å². The molecule has 0 atom stereocenters. The van der Waals surface area contributed by atoms with Crippen LogP contribution in [0.4, 0.5) is 13.2 Å². The number of rotatable bonds is 8. The molecule has 9 heteroatoms. The van der Waals surface area contributed by atoms with Crippen LogP contribution in [-0.2, 0) is 16.1 Å². The average Bonchev–Trinajstić information content (AvgIpc) is 2.63. The lowest BCUT2D eigenvalue weighted by Gasteiger charge is -2.23. The molecule has 0 aliphatic rings. The Labute approximate surface area is 165 Å². The maximum atomic E-state index is 13.2. The normalized spacial score (nSPS) is 10.6. The SMILES string of the molecule is COCCN(Cc1ccc(F)cc1Cl)C(=O)CNC(=O)c1cc(F)cc(F)c1. The van der Waals surface area contributed by atoms with Gasteiger partial charge in [-0.15, -0.1) is 0 Å². The third-order valence-corrected chi connectivity index (χ3v) is 4.17. The average molecular weight is 415 g/mol. The van der Waals surface area contributed by atoms with E-state index in [1.165, 1.54) is 24.1 Å². The Bertz CT molecular complexity index is 844. The van der Waals surface area contributed by atoms with Crippen molar-refractivity contribution in [2.75, 3.05) is 26.8 Å². The molecule has 0 fully saturated rings. The number of amides is 2. The molecular formula is C19H18ClF3N2O3. The molecule has 5 nitrogen and oxygen atoms in total. The summed E-state index contributed by atoms with van der Waals surface area (Å²) >= 11 is 6.00. The van der Waals surface area contributed by atoms with Crippen LogP contribution in [0, 0.1) is 17.5 Å². The van der Waals surface area contributed by atoms with E-state index in [0.29, 0.717) is 11.6 Å². The van der Waals surface area contributed by atoms with Crippen molar-refractivity contribution < 1.29 is 27.5 Å². The molecule has 0 saturated heterocycles. The second-order valence-electron chi connectivity index (χ2n) is 5.88. The number of hydrogen-bond donors (Lipinski definition) is 1. The zero-order chi connectivity index (χ0) is 20.7. The number of benzene rings is 2. The minimum absolute atomic E-state index is 0.0752. The lowest BCUT2D eigenvalue weighted by molar-refractivity contribution is -0.131. The molecule has 0 aromatic heterocycles. The first-order chi connectivity index (χ1) is 13.3. The Hall–Kier alpha value is -2.58. The fourth-order valence-corrected chi connectivity index (χ4v) is 2.63. The second kappa shape index (κ2) is 10.1. The van der Waals surface area contributed by atoms with Crippen LogP contribution >= 0.6 is 11.6 Å². The van der Waals surface area contributed by atoms with Crippen LogP contribution in [0.3, 0.4) is 0 Å². The van der Waals surface area contributed by atoms with E-state index in [4.69, 9.17) is 16.3 Å². The van der Waals surface area contributed by atoms with Gasteiger partial charge in [-0.3, -0.25) is 9.59 Å². The van der Waals surface area contributed by atoms with Crippen LogP contribution in [0.5, 0.6) is 0 Å². The summed E-state index contributed by atoms with van der Waals surface area (Å²) in [6, 6.07) is 6.18. The van der Waals surface area contributed by atoms with Crippen molar-refractivity contribution in [2.24, 2.45) is 0 Å². The van der Waals surface area contributed by atoms with Gasteiger partial charge in [-0.05, 0) is 29.8 Å². The highest BCUT2D eigenvalue weighted by Gasteiger charge is 2.17. The minimum Gasteiger partial charge on any atom is -0.383 e. The van der Waals surface area contributed by atoms with Gasteiger partial charge in [-0.1, -0.05) is 17.7 Å². The van der Waals surface area contributed by atoms with Crippen LogP contribution in [0.1, 0.15) is 15.9 Å². The van der Waals surface area contributed by atoms with Gasteiger partial charge >= 0.3 is 0 Å². The van der Waals surface area contributed by atoms with E-state index >= 15 is 0 Å². The van der Waals surface area contributed by atoms with Gasteiger partial charge in [0.15, 0.2) is 0 Å². The summed E-state index contributed by atoms with van der Waals surface area (Å²) in [7, 11) is 1.47. The number of methoxy groups -OCH3 is 1. The Morgan fingerprint density at radius 3 is 2.36 bits per heavy atom. The number of nitrogens with zero attached hydrogens (tertiary/aromatic N) is 1. The monoisotopic (exact) mass is 414 g/mol. The Balaban J connectivity index is 2.04. The summed E-state index contributed by atoms with van der Waals surface area (Å²) in [6.07, 6.45) is 0. The predicted octanol–water partition coefficient (Wildman–Crippen LogP) is 3.16. The molecule has 0 radical (unpaired) electrons. The number of ether oxygens (including phenoxy) is 1. The molecule has 0 unspecified atom stereocenters. The molecule has 0 spiro atoms. The largest absolute Gasteiger partial charge is 0.383 e. The van der Waals surface area contributed by atoms with E-state index in [2.05, 4.69) is 5.32 Å². The standard InChI is InChI=1S/C19H18ClF3N2O3/c1-28-5-4-25(11-12-2-3-14(21)9-17(12)20)18(26)10-24-19(27)13-6-15(22)8-16(23)7-13/h2-3,6-9H,4-5,10-11H2,1H3,(H,24,27). The quantitative estimate of drug-likeness (QED) is 0.722. The molecular weight excluding hydrogens is 397 g/mol. The molecule has 0 saturated carbocycles. The highest BCUT2D eigenvalue weighted by atomic mass is 35.5. The zero-order valence-electron chi connectivity index (χ0n) is 15.0.